The molecule has 0 N–H and O–H groups in total. The first kappa shape index (κ1) is 5.81. The van der Waals surface area contributed by atoms with Crippen molar-refractivity contribution >= 4 is 5.97 Å². The second-order valence-corrected chi connectivity index (χ2v) is 1.61. The van der Waals surface area contributed by atoms with Gasteiger partial charge in [0.25, 0.3) is 0 Å². The summed E-state index contributed by atoms with van der Waals surface area (Å²) in [5.41, 5.74) is -0.160. The first-order valence-electron chi connectivity index (χ1n) is 2.35. The summed E-state index contributed by atoms with van der Waals surface area (Å²) in [6.45, 7) is 1.61. The summed E-state index contributed by atoms with van der Waals surface area (Å²) in [6.07, 6.45) is 0. The highest BCUT2D eigenvalue weighted by atomic mass is 16.5. The minimum Gasteiger partial charge on any atom is -0.543 e. The minimum absolute atomic E-state index is 0.160. The Morgan fingerprint density at radius 3 is 2.78 bits per heavy atom. The van der Waals surface area contributed by atoms with Crippen LogP contribution in [0.4, 0.5) is 0 Å². The molecular formula is C5H4NO3-. The maximum atomic E-state index is 9.98. The third-order valence-electron chi connectivity index (χ3n) is 0.837. The van der Waals surface area contributed by atoms with Gasteiger partial charge in [-0.25, -0.2) is 0 Å². The van der Waals surface area contributed by atoms with E-state index in [1.807, 2.05) is 0 Å². The van der Waals surface area contributed by atoms with Crippen molar-refractivity contribution in [1.29, 1.82) is 0 Å². The Labute approximate surface area is 51.1 Å². The predicted molar refractivity (Wildman–Crippen MR) is 25.6 cm³/mol. The van der Waals surface area contributed by atoms with Gasteiger partial charge in [0.15, 0.2) is 0 Å². The van der Waals surface area contributed by atoms with Gasteiger partial charge >= 0.3 is 0 Å². The largest absolute Gasteiger partial charge is 0.543 e. The molecule has 1 rings (SSSR count). The first-order chi connectivity index (χ1) is 4.20. The number of carboxylic acid groups (broad SMARTS) is 1. The van der Waals surface area contributed by atoms with Gasteiger partial charge in [-0.3, -0.25) is 0 Å². The van der Waals surface area contributed by atoms with Gasteiger partial charge in [0, 0.05) is 6.07 Å². The fraction of sp³-hybridized carbons (Fsp3) is 0.200. The van der Waals surface area contributed by atoms with E-state index in [1.165, 1.54) is 6.07 Å². The van der Waals surface area contributed by atoms with Crippen LogP contribution in [0.2, 0.25) is 0 Å². The molecule has 0 aliphatic carbocycles. The first-order valence-corrected chi connectivity index (χ1v) is 2.35. The number of nitrogens with zero attached hydrogens (tertiary/aromatic N) is 1. The molecule has 9 heavy (non-hydrogen) atoms. The zero-order valence-corrected chi connectivity index (χ0v) is 4.75. The number of hydrogen-bond donors (Lipinski definition) is 0. The molecule has 4 heteroatoms. The van der Waals surface area contributed by atoms with Crippen molar-refractivity contribution in [3.63, 3.8) is 0 Å². The van der Waals surface area contributed by atoms with Crippen LogP contribution in [0.1, 0.15) is 16.2 Å². The van der Waals surface area contributed by atoms with Crippen LogP contribution in [-0.4, -0.2) is 11.1 Å². The molecule has 0 saturated heterocycles. The van der Waals surface area contributed by atoms with Crippen molar-refractivity contribution in [2.75, 3.05) is 0 Å². The molecule has 0 atom stereocenters. The second kappa shape index (κ2) is 1.89. The zero-order chi connectivity index (χ0) is 6.85. The van der Waals surface area contributed by atoms with E-state index in [0.29, 0.717) is 5.76 Å². The summed E-state index contributed by atoms with van der Waals surface area (Å²) >= 11 is 0. The smallest absolute Gasteiger partial charge is 0.134 e. The summed E-state index contributed by atoms with van der Waals surface area (Å²) in [4.78, 5) is 9.98. The monoisotopic (exact) mass is 126 g/mol. The highest BCUT2D eigenvalue weighted by Gasteiger charge is 1.97. The van der Waals surface area contributed by atoms with E-state index in [1.54, 1.807) is 6.92 Å². The van der Waals surface area contributed by atoms with Gasteiger partial charge in [-0.15, -0.1) is 0 Å². The van der Waals surface area contributed by atoms with E-state index in [4.69, 9.17) is 0 Å². The Bertz CT molecular complexity index is 228. The molecule has 1 aromatic heterocycles. The highest BCUT2D eigenvalue weighted by molar-refractivity contribution is 5.83. The molecule has 0 saturated carbocycles. The van der Waals surface area contributed by atoms with Crippen molar-refractivity contribution in [3.05, 3.63) is 17.5 Å². The lowest BCUT2D eigenvalue weighted by atomic mass is 10.4. The Balaban J connectivity index is 2.98. The van der Waals surface area contributed by atoms with Gasteiger partial charge < -0.3 is 14.4 Å². The van der Waals surface area contributed by atoms with Crippen molar-refractivity contribution in [2.24, 2.45) is 0 Å². The van der Waals surface area contributed by atoms with Crippen molar-refractivity contribution < 1.29 is 14.4 Å². The molecule has 4 nitrogen and oxygen atoms in total. The maximum Gasteiger partial charge on any atom is 0.134 e. The number of carbonyl (C=O) groups is 1. The fourth-order valence-corrected chi connectivity index (χ4v) is 0.463. The van der Waals surface area contributed by atoms with Crippen LogP contribution in [0.25, 0.3) is 0 Å². The average molecular weight is 126 g/mol. The number of carbonyl (C=O) groups excluding carboxylic acids is 1. The number of aromatic nitrogens is 1. The zero-order valence-electron chi connectivity index (χ0n) is 4.75. The Kier molecular flexibility index (Phi) is 1.22. The number of rotatable bonds is 1. The fourth-order valence-electron chi connectivity index (χ4n) is 0.463. The molecule has 0 unspecified atom stereocenters. The normalized spacial score (nSPS) is 9.44. The van der Waals surface area contributed by atoms with Crippen molar-refractivity contribution in [2.45, 2.75) is 6.92 Å². The summed E-state index contributed by atoms with van der Waals surface area (Å²) < 4.78 is 4.45. The van der Waals surface area contributed by atoms with Crippen LogP contribution in [0.5, 0.6) is 0 Å². The quantitative estimate of drug-likeness (QED) is 0.501. The van der Waals surface area contributed by atoms with Gasteiger partial charge in [0.2, 0.25) is 0 Å². The molecule has 48 valence electrons. The van der Waals surface area contributed by atoms with E-state index in [9.17, 15) is 9.90 Å². The summed E-state index contributed by atoms with van der Waals surface area (Å²) in [7, 11) is 0. The van der Waals surface area contributed by atoms with Crippen LogP contribution in [0.3, 0.4) is 0 Å². The molecule has 0 aliphatic heterocycles. The van der Waals surface area contributed by atoms with Crippen LogP contribution in [0.15, 0.2) is 10.6 Å². The Morgan fingerprint density at radius 2 is 2.56 bits per heavy atom. The standard InChI is InChI=1S/C5H5NO3/c1-3-2-4(5(7)8)6-9-3/h2H,1H3,(H,7,8)/p-1. The van der Waals surface area contributed by atoms with Crippen LogP contribution >= 0.6 is 0 Å². The molecular weight excluding hydrogens is 122 g/mol. The molecule has 0 amide bonds. The minimum atomic E-state index is -1.31. The van der Waals surface area contributed by atoms with Crippen molar-refractivity contribution in [3.8, 4) is 0 Å². The van der Waals surface area contributed by atoms with Crippen LogP contribution < -0.4 is 5.11 Å². The maximum absolute atomic E-state index is 9.98. The predicted octanol–water partition coefficient (Wildman–Crippen LogP) is -0.653. The Morgan fingerprint density at radius 1 is 1.89 bits per heavy atom. The average Bonchev–Trinajstić information content (AvgIpc) is 2.14. The summed E-state index contributed by atoms with van der Waals surface area (Å²) in [5, 5.41) is 13.2. The van der Waals surface area contributed by atoms with E-state index < -0.39 is 5.97 Å². The molecule has 0 spiro atoms. The number of hydrogen-bond acceptors (Lipinski definition) is 4. The molecule has 0 aliphatic rings. The molecule has 1 heterocycles. The van der Waals surface area contributed by atoms with Crippen LogP contribution in [-0.2, 0) is 0 Å². The summed E-state index contributed by atoms with van der Waals surface area (Å²) in [5.74, 6) is -0.846. The van der Waals surface area contributed by atoms with Gasteiger partial charge in [-0.1, -0.05) is 5.16 Å². The molecule has 0 aromatic carbocycles. The van der Waals surface area contributed by atoms with Crippen molar-refractivity contribution in [1.82, 2.24) is 5.16 Å². The van der Waals surface area contributed by atoms with Gasteiger partial charge in [0.1, 0.15) is 11.5 Å². The van der Waals surface area contributed by atoms with E-state index >= 15 is 0 Å². The van der Waals surface area contributed by atoms with Gasteiger partial charge in [-0.05, 0) is 6.92 Å². The molecule has 1 aromatic rings. The lowest BCUT2D eigenvalue weighted by molar-refractivity contribution is -0.255. The second-order valence-electron chi connectivity index (χ2n) is 1.61. The topological polar surface area (TPSA) is 66.2 Å². The Hall–Kier alpha value is -1.32. The molecule has 0 fully saturated rings. The highest BCUT2D eigenvalue weighted by Crippen LogP contribution is 1.98. The SMILES string of the molecule is Cc1cc(C(=O)[O-])no1. The number of carboxylic acids is 1. The number of aryl methyl sites for hydroxylation is 1. The molecule has 0 bridgehead atoms. The van der Waals surface area contributed by atoms with Gasteiger partial charge in [0.05, 0.1) is 5.97 Å². The van der Waals surface area contributed by atoms with Gasteiger partial charge in [-0.2, -0.15) is 0 Å². The third kappa shape index (κ3) is 1.07. The van der Waals surface area contributed by atoms with E-state index in [0.717, 1.165) is 0 Å². The number of aromatic carboxylic acids is 1. The third-order valence-corrected chi connectivity index (χ3v) is 0.837. The van der Waals surface area contributed by atoms with E-state index in [2.05, 4.69) is 9.68 Å². The molecule has 0 radical (unpaired) electrons. The summed E-state index contributed by atoms with van der Waals surface area (Å²) in [6, 6.07) is 1.30. The lowest BCUT2D eigenvalue weighted by Crippen LogP contribution is -2.22. The van der Waals surface area contributed by atoms with E-state index in [-0.39, 0.29) is 5.69 Å². The van der Waals surface area contributed by atoms with Crippen LogP contribution in [0, 0.1) is 6.92 Å². The lowest BCUT2D eigenvalue weighted by Gasteiger charge is -1.88.